The van der Waals surface area contributed by atoms with Gasteiger partial charge in [-0.3, -0.25) is 9.29 Å². The van der Waals surface area contributed by atoms with E-state index < -0.39 is 15.8 Å². The monoisotopic (exact) mass is 393 g/mol. The van der Waals surface area contributed by atoms with Crippen molar-refractivity contribution in [2.75, 3.05) is 4.72 Å². The Balaban J connectivity index is 1.74. The van der Waals surface area contributed by atoms with Crippen LogP contribution in [0.3, 0.4) is 0 Å². The summed E-state index contributed by atoms with van der Waals surface area (Å²) in [6, 6.07) is 3.08. The van der Waals surface area contributed by atoms with Gasteiger partial charge in [-0.05, 0) is 51.2 Å². The molecule has 0 atom stereocenters. The molecule has 0 saturated carbocycles. The zero-order valence-electron chi connectivity index (χ0n) is 14.5. The van der Waals surface area contributed by atoms with Crippen LogP contribution in [0.25, 0.3) is 11.1 Å². The van der Waals surface area contributed by atoms with Crippen molar-refractivity contribution in [2.45, 2.75) is 51.0 Å². The van der Waals surface area contributed by atoms with Crippen molar-refractivity contribution in [3.63, 3.8) is 0 Å². The molecule has 9 heteroatoms. The molecule has 1 N–H and O–H groups in total. The molecule has 138 valence electrons. The van der Waals surface area contributed by atoms with Crippen molar-refractivity contribution in [2.24, 2.45) is 0 Å². The molecule has 0 fully saturated rings. The summed E-state index contributed by atoms with van der Waals surface area (Å²) >= 11 is 1.40. The van der Waals surface area contributed by atoms with Crippen molar-refractivity contribution >= 4 is 37.6 Å². The van der Waals surface area contributed by atoms with Crippen LogP contribution in [0.4, 0.5) is 5.13 Å². The van der Waals surface area contributed by atoms with Crippen molar-refractivity contribution in [1.82, 2.24) is 9.55 Å². The number of hydrogen-bond donors (Lipinski definition) is 1. The van der Waals surface area contributed by atoms with E-state index in [0.29, 0.717) is 22.8 Å². The maximum absolute atomic E-state index is 12.9. The van der Waals surface area contributed by atoms with Gasteiger partial charge in [0.05, 0.1) is 16.1 Å². The van der Waals surface area contributed by atoms with Crippen LogP contribution in [-0.4, -0.2) is 18.0 Å². The largest absolute Gasteiger partial charge is 0.419 e. The van der Waals surface area contributed by atoms with Gasteiger partial charge in [-0.1, -0.05) is 0 Å². The maximum atomic E-state index is 12.9. The molecular weight excluding hydrogens is 374 g/mol. The summed E-state index contributed by atoms with van der Waals surface area (Å²) in [6.07, 6.45) is 4.06. The summed E-state index contributed by atoms with van der Waals surface area (Å²) < 4.78 is 35.0. The lowest BCUT2D eigenvalue weighted by Gasteiger charge is -2.08. The number of nitrogens with one attached hydrogen (secondary N) is 1. The second-order valence-corrected chi connectivity index (χ2v) is 9.13. The molecule has 7 nitrogen and oxygen atoms in total. The number of oxazole rings is 1. The van der Waals surface area contributed by atoms with Crippen molar-refractivity contribution in [1.29, 1.82) is 0 Å². The molecule has 0 amide bonds. The first kappa shape index (κ1) is 17.3. The molecule has 0 radical (unpaired) electrons. The Bertz CT molecular complexity index is 1130. The lowest BCUT2D eigenvalue weighted by molar-refractivity contribution is 0.512. The van der Waals surface area contributed by atoms with Gasteiger partial charge in [0.1, 0.15) is 0 Å². The smallest absolute Gasteiger partial charge is 0.408 e. The highest BCUT2D eigenvalue weighted by Crippen LogP contribution is 2.31. The van der Waals surface area contributed by atoms with E-state index in [4.69, 9.17) is 4.42 Å². The van der Waals surface area contributed by atoms with Crippen LogP contribution < -0.4 is 10.5 Å². The third kappa shape index (κ3) is 2.84. The normalized spacial score (nSPS) is 14.5. The molecule has 4 rings (SSSR count). The summed E-state index contributed by atoms with van der Waals surface area (Å²) in [6.45, 7) is 4.00. The summed E-state index contributed by atoms with van der Waals surface area (Å²) in [5, 5.41) is 0.393. The minimum atomic E-state index is -3.82. The van der Waals surface area contributed by atoms with Crippen LogP contribution >= 0.6 is 11.3 Å². The number of nitrogens with zero attached hydrogens (tertiary/aromatic N) is 2. The molecule has 0 spiro atoms. The lowest BCUT2D eigenvalue weighted by atomic mass is 10.0. The first-order valence-corrected chi connectivity index (χ1v) is 10.8. The highest BCUT2D eigenvalue weighted by molar-refractivity contribution is 7.93. The predicted molar refractivity (Wildman–Crippen MR) is 100 cm³/mol. The zero-order valence-corrected chi connectivity index (χ0v) is 16.2. The number of fused-ring (bicyclic) bond motifs is 2. The number of hydrogen-bond acceptors (Lipinski definition) is 6. The molecule has 3 aromatic rings. The standard InChI is InChI=1S/C17H19N3O4S2/c1-3-20-12-8-10(2)15(9-13(12)24-17(20)21)26(22,23)19-16-18-11-6-4-5-7-14(11)25-16/h8-9H,3-7H2,1-2H3,(H,18,19). The van der Waals surface area contributed by atoms with Gasteiger partial charge in [0.2, 0.25) is 0 Å². The molecule has 1 aromatic carbocycles. The number of rotatable bonds is 4. The van der Waals surface area contributed by atoms with Crippen LogP contribution in [0, 0.1) is 6.92 Å². The molecule has 2 heterocycles. The molecule has 26 heavy (non-hydrogen) atoms. The Morgan fingerprint density at radius 3 is 2.81 bits per heavy atom. The molecule has 2 aromatic heterocycles. The van der Waals surface area contributed by atoms with Crippen LogP contribution in [0.15, 0.2) is 26.2 Å². The van der Waals surface area contributed by atoms with E-state index in [1.165, 1.54) is 22.0 Å². The minimum absolute atomic E-state index is 0.0928. The van der Waals surface area contributed by atoms with Gasteiger partial charge in [-0.2, -0.15) is 0 Å². The molecule has 1 aliphatic rings. The van der Waals surface area contributed by atoms with Gasteiger partial charge in [0.25, 0.3) is 10.0 Å². The molecule has 0 bridgehead atoms. The first-order valence-electron chi connectivity index (χ1n) is 8.54. The fourth-order valence-electron chi connectivity index (χ4n) is 3.35. The Morgan fingerprint density at radius 2 is 2.08 bits per heavy atom. The summed E-state index contributed by atoms with van der Waals surface area (Å²) in [5.74, 6) is -0.489. The average molecular weight is 393 g/mol. The third-order valence-electron chi connectivity index (χ3n) is 4.64. The molecule has 0 aliphatic heterocycles. The third-order valence-corrected chi connectivity index (χ3v) is 7.32. The summed E-state index contributed by atoms with van der Waals surface area (Å²) in [7, 11) is -3.82. The topological polar surface area (TPSA) is 94.2 Å². The van der Waals surface area contributed by atoms with E-state index in [9.17, 15) is 13.2 Å². The Kier molecular flexibility index (Phi) is 4.15. The zero-order chi connectivity index (χ0) is 18.5. The Labute approximate surface area is 154 Å². The van der Waals surface area contributed by atoms with Crippen LogP contribution in [0.2, 0.25) is 0 Å². The predicted octanol–water partition coefficient (Wildman–Crippen LogP) is 3.06. The Hall–Kier alpha value is -2.13. The van der Waals surface area contributed by atoms with E-state index in [0.717, 1.165) is 36.3 Å². The molecule has 0 saturated heterocycles. The van der Waals surface area contributed by atoms with Crippen LogP contribution in [0.1, 0.15) is 35.9 Å². The number of anilines is 1. The Morgan fingerprint density at radius 1 is 1.31 bits per heavy atom. The quantitative estimate of drug-likeness (QED) is 0.735. The number of thiazole rings is 1. The van der Waals surface area contributed by atoms with Gasteiger partial charge in [0.15, 0.2) is 10.7 Å². The molecule has 0 unspecified atom stereocenters. The highest BCUT2D eigenvalue weighted by Gasteiger charge is 2.23. The molecule has 1 aliphatic carbocycles. The van der Waals surface area contributed by atoms with Gasteiger partial charge in [-0.25, -0.2) is 18.2 Å². The van der Waals surface area contributed by atoms with Gasteiger partial charge >= 0.3 is 5.76 Å². The van der Waals surface area contributed by atoms with Crippen molar-refractivity contribution < 1.29 is 12.8 Å². The molecular formula is C17H19N3O4S2. The second kappa shape index (κ2) is 6.24. The summed E-state index contributed by atoms with van der Waals surface area (Å²) in [5.41, 5.74) is 2.41. The van der Waals surface area contributed by atoms with Gasteiger partial charge in [-0.15, -0.1) is 11.3 Å². The van der Waals surface area contributed by atoms with Crippen LogP contribution in [-0.2, 0) is 29.4 Å². The fourth-order valence-corrected chi connectivity index (χ4v) is 5.88. The maximum Gasteiger partial charge on any atom is 0.419 e. The van der Waals surface area contributed by atoms with Crippen LogP contribution in [0.5, 0.6) is 0 Å². The number of aromatic nitrogens is 2. The van der Waals surface area contributed by atoms with Gasteiger partial charge < -0.3 is 4.42 Å². The van der Waals surface area contributed by atoms with E-state index in [1.54, 1.807) is 13.0 Å². The van der Waals surface area contributed by atoms with Crippen molar-refractivity contribution in [3.05, 3.63) is 38.8 Å². The number of sulfonamides is 1. The lowest BCUT2D eigenvalue weighted by Crippen LogP contribution is -2.14. The minimum Gasteiger partial charge on any atom is -0.408 e. The second-order valence-electron chi connectivity index (χ2n) is 6.40. The first-order chi connectivity index (χ1) is 12.4. The van der Waals surface area contributed by atoms with E-state index in [1.807, 2.05) is 6.92 Å². The average Bonchev–Trinajstić information content (AvgIpc) is 3.12. The summed E-state index contributed by atoms with van der Waals surface area (Å²) in [4.78, 5) is 17.6. The van der Waals surface area contributed by atoms with E-state index in [-0.39, 0.29) is 10.5 Å². The van der Waals surface area contributed by atoms with E-state index >= 15 is 0 Å². The fraction of sp³-hybridized carbons (Fsp3) is 0.412. The van der Waals surface area contributed by atoms with Crippen molar-refractivity contribution in [3.8, 4) is 0 Å². The van der Waals surface area contributed by atoms with E-state index in [2.05, 4.69) is 9.71 Å². The SMILES string of the molecule is CCn1c(=O)oc2cc(S(=O)(=O)Nc3nc4c(s3)CCCC4)c(C)cc21. The number of aryl methyl sites for hydroxylation is 4. The number of benzene rings is 1. The van der Waals surface area contributed by atoms with Gasteiger partial charge in [0, 0.05) is 17.5 Å². The highest BCUT2D eigenvalue weighted by atomic mass is 32.2.